The van der Waals surface area contributed by atoms with Crippen molar-refractivity contribution in [3.63, 3.8) is 0 Å². The normalized spacial score (nSPS) is 52.7. The first-order valence-corrected chi connectivity index (χ1v) is 7.17. The minimum absolute atomic E-state index is 0.0977. The van der Waals surface area contributed by atoms with Crippen LogP contribution in [0.3, 0.4) is 0 Å². The van der Waals surface area contributed by atoms with Gasteiger partial charge >= 0.3 is 0 Å². The molecule has 0 saturated heterocycles. The molecule has 0 aliphatic heterocycles. The first-order chi connectivity index (χ1) is 8.86. The molecule has 3 aliphatic rings. The molecule has 6 unspecified atom stereocenters. The minimum atomic E-state index is -0.665. The molecule has 108 valence electrons. The van der Waals surface area contributed by atoms with E-state index in [1.165, 1.54) is 0 Å². The van der Waals surface area contributed by atoms with E-state index >= 15 is 0 Å². The van der Waals surface area contributed by atoms with Gasteiger partial charge in [0.05, 0.1) is 18.8 Å². The van der Waals surface area contributed by atoms with Gasteiger partial charge in [-0.3, -0.25) is 0 Å². The van der Waals surface area contributed by atoms with E-state index in [1.807, 2.05) is 0 Å². The second kappa shape index (κ2) is 4.04. The van der Waals surface area contributed by atoms with Crippen molar-refractivity contribution in [2.24, 2.45) is 22.7 Å². The van der Waals surface area contributed by atoms with Gasteiger partial charge in [0.1, 0.15) is 0 Å². The van der Waals surface area contributed by atoms with E-state index < -0.39 is 12.2 Å². The fourth-order valence-electron chi connectivity index (χ4n) is 5.03. The molecule has 3 aliphatic carbocycles. The topological polar surface area (TPSA) is 80.9 Å². The van der Waals surface area contributed by atoms with Gasteiger partial charge in [-0.2, -0.15) is 0 Å². The predicted molar refractivity (Wildman–Crippen MR) is 70.3 cm³/mol. The Morgan fingerprint density at radius 1 is 1.11 bits per heavy atom. The lowest BCUT2D eigenvalue weighted by Crippen LogP contribution is -2.55. The standard InChI is InChI=1S/C15H24O4/c1-14(7-17)3-8-10(4-14)15(2)5-11(18)12(15)9(6-16)13(8)19/h8,10-11,13,16-19H,3-7H2,1-2H3. The van der Waals surface area contributed by atoms with Gasteiger partial charge in [-0.1, -0.05) is 13.8 Å². The van der Waals surface area contributed by atoms with Crippen molar-refractivity contribution >= 4 is 0 Å². The Morgan fingerprint density at radius 3 is 2.32 bits per heavy atom. The number of rotatable bonds is 2. The predicted octanol–water partition coefficient (Wildman–Crippen LogP) is 0.445. The molecular weight excluding hydrogens is 244 g/mol. The zero-order valence-electron chi connectivity index (χ0n) is 11.6. The molecular formula is C15H24O4. The number of hydrogen-bond acceptors (Lipinski definition) is 4. The van der Waals surface area contributed by atoms with Crippen molar-refractivity contribution in [3.8, 4) is 0 Å². The summed E-state index contributed by atoms with van der Waals surface area (Å²) in [7, 11) is 0. The molecule has 0 amide bonds. The molecule has 19 heavy (non-hydrogen) atoms. The first kappa shape index (κ1) is 13.6. The molecule has 4 heteroatoms. The van der Waals surface area contributed by atoms with E-state index in [4.69, 9.17) is 0 Å². The van der Waals surface area contributed by atoms with Gasteiger partial charge < -0.3 is 20.4 Å². The molecule has 4 N–H and O–H groups in total. The van der Waals surface area contributed by atoms with Crippen molar-refractivity contribution in [1.82, 2.24) is 0 Å². The van der Waals surface area contributed by atoms with Crippen LogP contribution in [-0.4, -0.2) is 45.8 Å². The Labute approximate surface area is 113 Å². The van der Waals surface area contributed by atoms with Crippen LogP contribution in [0.15, 0.2) is 11.1 Å². The number of aliphatic hydroxyl groups excluding tert-OH is 4. The summed E-state index contributed by atoms with van der Waals surface area (Å²) in [5.74, 6) is 0.397. The maximum absolute atomic E-state index is 10.5. The Balaban J connectivity index is 2.02. The molecule has 0 aromatic rings. The van der Waals surface area contributed by atoms with Crippen LogP contribution in [0, 0.1) is 22.7 Å². The fourth-order valence-corrected chi connectivity index (χ4v) is 5.03. The van der Waals surface area contributed by atoms with Gasteiger partial charge in [0.25, 0.3) is 0 Å². The third kappa shape index (κ3) is 1.60. The van der Waals surface area contributed by atoms with Crippen molar-refractivity contribution in [3.05, 3.63) is 11.1 Å². The third-order valence-corrected chi connectivity index (χ3v) is 6.00. The highest BCUT2D eigenvalue weighted by Gasteiger charge is 2.62. The highest BCUT2D eigenvalue weighted by molar-refractivity contribution is 5.41. The van der Waals surface area contributed by atoms with Crippen molar-refractivity contribution in [2.45, 2.75) is 45.3 Å². The maximum Gasteiger partial charge on any atom is 0.0807 e. The summed E-state index contributed by atoms with van der Waals surface area (Å²) in [6.07, 6.45) is 1.21. The molecule has 0 radical (unpaired) electrons. The average Bonchev–Trinajstić information content (AvgIpc) is 2.73. The lowest BCUT2D eigenvalue weighted by Gasteiger charge is -2.57. The highest BCUT2D eigenvalue weighted by atomic mass is 16.3. The van der Waals surface area contributed by atoms with Crippen LogP contribution < -0.4 is 0 Å². The minimum Gasteiger partial charge on any atom is -0.396 e. The van der Waals surface area contributed by atoms with E-state index in [1.54, 1.807) is 0 Å². The van der Waals surface area contributed by atoms with Gasteiger partial charge in [-0.25, -0.2) is 0 Å². The SMILES string of the molecule is CC1(CO)CC2C(O)C(CO)=C3C(O)CC3(C)C2C1. The van der Waals surface area contributed by atoms with Crippen LogP contribution in [0.1, 0.15) is 33.1 Å². The summed E-state index contributed by atoms with van der Waals surface area (Å²) < 4.78 is 0. The Bertz CT molecular complexity index is 432. The molecule has 0 spiro atoms. The Kier molecular flexibility index (Phi) is 2.88. The summed E-state index contributed by atoms with van der Waals surface area (Å²) in [5.41, 5.74) is 1.25. The van der Waals surface area contributed by atoms with E-state index in [0.29, 0.717) is 17.9 Å². The molecule has 0 aromatic carbocycles. The maximum atomic E-state index is 10.5. The van der Waals surface area contributed by atoms with Gasteiger partial charge in [0, 0.05) is 6.61 Å². The highest BCUT2D eigenvalue weighted by Crippen LogP contribution is 2.66. The molecule has 0 heterocycles. The molecule has 6 atom stereocenters. The zero-order chi connectivity index (χ0) is 14.0. The molecule has 0 aromatic heterocycles. The molecule has 2 saturated carbocycles. The van der Waals surface area contributed by atoms with Crippen molar-refractivity contribution in [2.75, 3.05) is 13.2 Å². The van der Waals surface area contributed by atoms with Gasteiger partial charge in [0.15, 0.2) is 0 Å². The smallest absolute Gasteiger partial charge is 0.0807 e. The molecule has 2 fully saturated rings. The Hall–Kier alpha value is -0.420. The molecule has 4 nitrogen and oxygen atoms in total. The number of hydrogen-bond donors (Lipinski definition) is 4. The zero-order valence-corrected chi connectivity index (χ0v) is 11.6. The van der Waals surface area contributed by atoms with Crippen molar-refractivity contribution in [1.29, 1.82) is 0 Å². The lowest BCUT2D eigenvalue weighted by atomic mass is 9.49. The second-order valence-electron chi connectivity index (χ2n) is 7.33. The van der Waals surface area contributed by atoms with E-state index in [2.05, 4.69) is 13.8 Å². The second-order valence-corrected chi connectivity index (χ2v) is 7.33. The fraction of sp³-hybridized carbons (Fsp3) is 0.867. The Morgan fingerprint density at radius 2 is 1.79 bits per heavy atom. The molecule has 3 rings (SSSR count). The van der Waals surface area contributed by atoms with E-state index in [0.717, 1.165) is 18.4 Å². The van der Waals surface area contributed by atoms with Gasteiger partial charge in [0.2, 0.25) is 0 Å². The van der Waals surface area contributed by atoms with Gasteiger partial charge in [-0.15, -0.1) is 0 Å². The van der Waals surface area contributed by atoms with E-state index in [9.17, 15) is 20.4 Å². The summed E-state index contributed by atoms with van der Waals surface area (Å²) in [6.45, 7) is 4.16. The van der Waals surface area contributed by atoms with Crippen LogP contribution in [0.2, 0.25) is 0 Å². The number of fused-ring (bicyclic) bond motifs is 3. The van der Waals surface area contributed by atoms with Crippen LogP contribution >= 0.6 is 0 Å². The largest absolute Gasteiger partial charge is 0.396 e. The quantitative estimate of drug-likeness (QED) is 0.548. The van der Waals surface area contributed by atoms with Gasteiger partial charge in [-0.05, 0) is 53.1 Å². The summed E-state index contributed by atoms with van der Waals surface area (Å²) in [6, 6.07) is 0. The monoisotopic (exact) mass is 268 g/mol. The first-order valence-electron chi connectivity index (χ1n) is 7.17. The summed E-state index contributed by atoms with van der Waals surface area (Å²) in [5, 5.41) is 39.7. The average molecular weight is 268 g/mol. The summed E-state index contributed by atoms with van der Waals surface area (Å²) >= 11 is 0. The van der Waals surface area contributed by atoms with Crippen LogP contribution in [0.5, 0.6) is 0 Å². The van der Waals surface area contributed by atoms with Crippen LogP contribution in [0.25, 0.3) is 0 Å². The van der Waals surface area contributed by atoms with E-state index in [-0.39, 0.29) is 30.0 Å². The lowest BCUT2D eigenvalue weighted by molar-refractivity contribution is -0.0452. The number of aliphatic hydroxyl groups is 4. The molecule has 0 bridgehead atoms. The van der Waals surface area contributed by atoms with Crippen LogP contribution in [-0.2, 0) is 0 Å². The van der Waals surface area contributed by atoms with Crippen LogP contribution in [0.4, 0.5) is 0 Å². The third-order valence-electron chi connectivity index (χ3n) is 6.00. The van der Waals surface area contributed by atoms with Crippen molar-refractivity contribution < 1.29 is 20.4 Å². The summed E-state index contributed by atoms with van der Waals surface area (Å²) in [4.78, 5) is 0.